The number of aromatic nitrogens is 2. The van der Waals surface area contributed by atoms with Crippen LogP contribution in [-0.4, -0.2) is 56.5 Å². The molecule has 4 bridgehead atoms. The predicted molar refractivity (Wildman–Crippen MR) is 151 cm³/mol. The Kier molecular flexibility index (Phi) is 7.74. The summed E-state index contributed by atoms with van der Waals surface area (Å²) >= 11 is 0. The summed E-state index contributed by atoms with van der Waals surface area (Å²) in [5.41, 5.74) is 1.90. The Morgan fingerprint density at radius 2 is 1.62 bits per heavy atom. The first-order chi connectivity index (χ1) is 19.0. The van der Waals surface area contributed by atoms with Gasteiger partial charge in [0.05, 0.1) is 17.5 Å². The Hall–Kier alpha value is -2.74. The van der Waals surface area contributed by atoms with Crippen LogP contribution in [0, 0.1) is 11.8 Å². The number of carboxylic acids is 1. The highest BCUT2D eigenvalue weighted by Gasteiger charge is 2.45. The van der Waals surface area contributed by atoms with Gasteiger partial charge in [-0.25, -0.2) is 4.98 Å². The minimum absolute atomic E-state index is 0.0878. The van der Waals surface area contributed by atoms with Crippen LogP contribution in [0.15, 0.2) is 34.2 Å². The first-order valence-corrected chi connectivity index (χ1v) is 15.1. The fourth-order valence-electron chi connectivity index (χ4n) is 8.55. The van der Waals surface area contributed by atoms with E-state index in [2.05, 4.69) is 15.0 Å². The van der Waals surface area contributed by atoms with Crippen molar-refractivity contribution in [1.29, 1.82) is 0 Å². The highest BCUT2D eigenvalue weighted by molar-refractivity contribution is 6.00. The monoisotopic (exact) mass is 534 g/mol. The number of piperidine rings is 2. The zero-order valence-electron chi connectivity index (χ0n) is 23.1. The highest BCUT2D eigenvalue weighted by Crippen LogP contribution is 2.47. The molecule has 2 aromatic rings. The number of hydrogen-bond donors (Lipinski definition) is 1. The molecule has 8 nitrogen and oxygen atoms in total. The van der Waals surface area contributed by atoms with Crippen LogP contribution in [0.5, 0.6) is 0 Å². The molecule has 210 valence electrons. The SMILES string of the molecule is CO/N=C(\CCC(=O)O)c1nc2ccccc2n(C2C[C@H]3CCC[C@@H](C2)N3C2C[C@H]3CCCC[C@H](C2)C3)c1=O. The number of para-hydroxylation sites is 2. The van der Waals surface area contributed by atoms with Crippen LogP contribution < -0.4 is 5.56 Å². The molecule has 6 rings (SSSR count). The lowest BCUT2D eigenvalue weighted by molar-refractivity contribution is -0.136. The maximum atomic E-state index is 14.1. The molecule has 0 amide bonds. The van der Waals surface area contributed by atoms with Crippen molar-refractivity contribution in [2.24, 2.45) is 17.0 Å². The van der Waals surface area contributed by atoms with E-state index in [1.807, 2.05) is 28.8 Å². The lowest BCUT2D eigenvalue weighted by Gasteiger charge is -2.54. The zero-order chi connectivity index (χ0) is 26.9. The van der Waals surface area contributed by atoms with Crippen LogP contribution in [0.25, 0.3) is 11.0 Å². The number of benzene rings is 1. The van der Waals surface area contributed by atoms with E-state index in [1.54, 1.807) is 0 Å². The predicted octanol–water partition coefficient (Wildman–Crippen LogP) is 5.53. The van der Waals surface area contributed by atoms with Gasteiger partial charge in [0, 0.05) is 30.6 Å². The smallest absolute Gasteiger partial charge is 0.303 e. The van der Waals surface area contributed by atoms with Gasteiger partial charge in [-0.2, -0.15) is 0 Å². The first kappa shape index (κ1) is 26.5. The summed E-state index contributed by atoms with van der Waals surface area (Å²) in [5.74, 6) is 0.851. The lowest BCUT2D eigenvalue weighted by Crippen LogP contribution is -2.58. The molecule has 8 heteroatoms. The molecule has 2 aliphatic heterocycles. The molecule has 1 unspecified atom stereocenters. The fraction of sp³-hybridized carbons (Fsp3) is 0.677. The number of fused-ring (bicyclic) bond motifs is 5. The van der Waals surface area contributed by atoms with Crippen molar-refractivity contribution in [2.75, 3.05) is 7.11 Å². The number of carbonyl (C=O) groups is 1. The van der Waals surface area contributed by atoms with E-state index < -0.39 is 5.97 Å². The summed E-state index contributed by atoms with van der Waals surface area (Å²) in [5, 5.41) is 13.3. The molecule has 2 saturated heterocycles. The summed E-state index contributed by atoms with van der Waals surface area (Å²) in [6, 6.07) is 9.61. The largest absolute Gasteiger partial charge is 0.481 e. The lowest BCUT2D eigenvalue weighted by atomic mass is 9.73. The van der Waals surface area contributed by atoms with Gasteiger partial charge < -0.3 is 14.5 Å². The maximum absolute atomic E-state index is 14.1. The molecule has 3 heterocycles. The molecule has 5 atom stereocenters. The fourth-order valence-corrected chi connectivity index (χ4v) is 8.55. The number of nitrogens with zero attached hydrogens (tertiary/aromatic N) is 4. The Labute approximate surface area is 230 Å². The second-order valence-electron chi connectivity index (χ2n) is 12.4. The Bertz CT molecular complexity index is 1260. The van der Waals surface area contributed by atoms with Crippen molar-refractivity contribution in [1.82, 2.24) is 14.5 Å². The average molecular weight is 535 g/mol. The standard InChI is InChI=1S/C31H42N4O4/c1-39-33-27(13-14-29(36)37)30-31(38)35(28-12-5-4-11-26(28)32-30)25-18-22-9-6-10-23(19-25)34(22)24-16-20-7-2-3-8-21(15-20)17-24/h4-5,11-12,20-25H,2-3,6-10,13-19H2,1H3,(H,36,37)/b33-27+/t20-,21-,22-,23+,25?/m0/s1. The van der Waals surface area contributed by atoms with Crippen molar-refractivity contribution in [3.63, 3.8) is 0 Å². The minimum Gasteiger partial charge on any atom is -0.481 e. The molecule has 0 radical (unpaired) electrons. The van der Waals surface area contributed by atoms with Crippen molar-refractivity contribution in [3.8, 4) is 0 Å². The van der Waals surface area contributed by atoms with Crippen LogP contribution in [0.3, 0.4) is 0 Å². The third-order valence-corrected chi connectivity index (χ3v) is 9.99. The van der Waals surface area contributed by atoms with Gasteiger partial charge in [0.1, 0.15) is 12.8 Å². The van der Waals surface area contributed by atoms with Crippen LogP contribution in [0.1, 0.15) is 102 Å². The van der Waals surface area contributed by atoms with Gasteiger partial charge in [0.25, 0.3) is 5.56 Å². The molecule has 2 saturated carbocycles. The van der Waals surface area contributed by atoms with Gasteiger partial charge in [0.15, 0.2) is 5.69 Å². The molecular formula is C31H42N4O4. The van der Waals surface area contributed by atoms with Crippen LogP contribution in [0.4, 0.5) is 0 Å². The Morgan fingerprint density at radius 1 is 0.923 bits per heavy atom. The Morgan fingerprint density at radius 3 is 2.28 bits per heavy atom. The quantitative estimate of drug-likeness (QED) is 0.371. The zero-order valence-corrected chi connectivity index (χ0v) is 23.1. The van der Waals surface area contributed by atoms with Crippen molar-refractivity contribution in [3.05, 3.63) is 40.3 Å². The van der Waals surface area contributed by atoms with Crippen molar-refractivity contribution >= 4 is 22.7 Å². The molecule has 1 aromatic heterocycles. The van der Waals surface area contributed by atoms with Crippen LogP contribution >= 0.6 is 0 Å². The van der Waals surface area contributed by atoms with Crippen molar-refractivity contribution in [2.45, 2.75) is 114 Å². The second kappa shape index (κ2) is 11.4. The summed E-state index contributed by atoms with van der Waals surface area (Å²) < 4.78 is 1.97. The molecular weight excluding hydrogens is 492 g/mol. The van der Waals surface area contributed by atoms with E-state index in [-0.39, 0.29) is 30.1 Å². The maximum Gasteiger partial charge on any atom is 0.303 e. The van der Waals surface area contributed by atoms with Crippen LogP contribution in [0.2, 0.25) is 0 Å². The molecule has 2 aliphatic carbocycles. The summed E-state index contributed by atoms with van der Waals surface area (Å²) in [7, 11) is 1.42. The number of hydrogen-bond acceptors (Lipinski definition) is 6. The van der Waals surface area contributed by atoms with Gasteiger partial charge in [-0.3, -0.25) is 14.5 Å². The van der Waals surface area contributed by atoms with E-state index >= 15 is 0 Å². The third kappa shape index (κ3) is 5.37. The third-order valence-electron chi connectivity index (χ3n) is 9.99. The molecule has 1 aromatic carbocycles. The average Bonchev–Trinajstić information content (AvgIpc) is 3.09. The summed E-state index contributed by atoms with van der Waals surface area (Å²) in [6.07, 6.45) is 15.4. The van der Waals surface area contributed by atoms with E-state index in [0.717, 1.165) is 35.7 Å². The number of oxime groups is 1. The van der Waals surface area contributed by atoms with Crippen molar-refractivity contribution < 1.29 is 14.7 Å². The van der Waals surface area contributed by atoms with Gasteiger partial charge in [-0.15, -0.1) is 0 Å². The molecule has 4 fully saturated rings. The van der Waals surface area contributed by atoms with Gasteiger partial charge >= 0.3 is 5.97 Å². The van der Waals surface area contributed by atoms with E-state index in [1.165, 1.54) is 71.3 Å². The van der Waals surface area contributed by atoms with Gasteiger partial charge in [-0.1, -0.05) is 49.4 Å². The summed E-state index contributed by atoms with van der Waals surface area (Å²) in [6.45, 7) is 0. The second-order valence-corrected chi connectivity index (χ2v) is 12.4. The minimum atomic E-state index is -0.942. The van der Waals surface area contributed by atoms with Gasteiger partial charge in [0.2, 0.25) is 0 Å². The topological polar surface area (TPSA) is 97.0 Å². The number of rotatable bonds is 7. The number of aliphatic carboxylic acids is 1. The molecule has 39 heavy (non-hydrogen) atoms. The Balaban J connectivity index is 1.34. The highest BCUT2D eigenvalue weighted by atomic mass is 16.6. The number of carboxylic acid groups (broad SMARTS) is 1. The molecule has 1 N–H and O–H groups in total. The van der Waals surface area contributed by atoms with E-state index in [0.29, 0.717) is 23.8 Å². The summed E-state index contributed by atoms with van der Waals surface area (Å²) in [4.78, 5) is 38.0. The van der Waals surface area contributed by atoms with Crippen LogP contribution in [-0.2, 0) is 9.63 Å². The van der Waals surface area contributed by atoms with E-state index in [4.69, 9.17) is 4.84 Å². The normalized spacial score (nSPS) is 31.6. The van der Waals surface area contributed by atoms with Gasteiger partial charge in [-0.05, 0) is 68.9 Å². The first-order valence-electron chi connectivity index (χ1n) is 15.1. The van der Waals surface area contributed by atoms with E-state index in [9.17, 15) is 14.7 Å². The molecule has 4 aliphatic rings. The molecule has 0 spiro atoms.